The third-order valence-electron chi connectivity index (χ3n) is 4.25. The number of nitrogens with zero attached hydrogens (tertiary/aromatic N) is 2. The van der Waals surface area contributed by atoms with Crippen LogP contribution in [0.5, 0.6) is 0 Å². The molecule has 1 unspecified atom stereocenters. The fourth-order valence-electron chi connectivity index (χ4n) is 2.94. The Balaban J connectivity index is 1.63. The fourth-order valence-corrected chi connectivity index (χ4v) is 4.02. The maximum Gasteiger partial charge on any atom is 0.240 e. The number of thioether (sulfide) groups is 1. The zero-order valence-corrected chi connectivity index (χ0v) is 14.5. The molecule has 3 aromatic rings. The predicted molar refractivity (Wildman–Crippen MR) is 98.5 cm³/mol. The molecule has 1 aromatic heterocycles. The van der Waals surface area contributed by atoms with Gasteiger partial charge in [0, 0.05) is 13.1 Å². The van der Waals surface area contributed by atoms with Gasteiger partial charge < -0.3 is 14.6 Å². The lowest BCUT2D eigenvalue weighted by Gasteiger charge is -2.30. The minimum Gasteiger partial charge on any atom is -0.378 e. The number of hydrogen-bond donors (Lipinski definition) is 1. The van der Waals surface area contributed by atoms with Crippen LogP contribution in [-0.2, 0) is 9.53 Å². The van der Waals surface area contributed by atoms with Crippen molar-refractivity contribution in [2.75, 3.05) is 26.3 Å². The Hall–Kier alpha value is -2.31. The molecule has 0 saturated carbocycles. The summed E-state index contributed by atoms with van der Waals surface area (Å²) < 4.78 is 5.37. The van der Waals surface area contributed by atoms with Gasteiger partial charge in [-0.25, -0.2) is 4.98 Å². The van der Waals surface area contributed by atoms with Gasteiger partial charge in [0.25, 0.3) is 0 Å². The van der Waals surface area contributed by atoms with Gasteiger partial charge in [-0.3, -0.25) is 4.79 Å². The number of rotatable bonds is 4. The molecule has 1 aliphatic rings. The number of ether oxygens (including phenoxy) is 1. The molecule has 2 heterocycles. The number of benzene rings is 2. The average molecular weight is 353 g/mol. The van der Waals surface area contributed by atoms with Crippen molar-refractivity contribution in [3.8, 4) is 0 Å². The predicted octanol–water partition coefficient (Wildman–Crippen LogP) is 3.26. The van der Waals surface area contributed by atoms with Crippen molar-refractivity contribution in [2.24, 2.45) is 0 Å². The monoisotopic (exact) mass is 353 g/mol. The van der Waals surface area contributed by atoms with Gasteiger partial charge in [-0.15, -0.1) is 0 Å². The zero-order valence-electron chi connectivity index (χ0n) is 13.7. The van der Waals surface area contributed by atoms with Crippen molar-refractivity contribution in [3.63, 3.8) is 0 Å². The summed E-state index contributed by atoms with van der Waals surface area (Å²) >= 11 is 1.47. The summed E-state index contributed by atoms with van der Waals surface area (Å²) in [6.07, 6.45) is 0. The van der Waals surface area contributed by atoms with Crippen molar-refractivity contribution in [1.29, 1.82) is 0 Å². The first kappa shape index (κ1) is 16.2. The Labute approximate surface area is 150 Å². The second kappa shape index (κ2) is 7.29. The van der Waals surface area contributed by atoms with E-state index >= 15 is 0 Å². The van der Waals surface area contributed by atoms with E-state index in [1.807, 2.05) is 59.5 Å². The normalized spacial score (nSPS) is 16.1. The highest BCUT2D eigenvalue weighted by molar-refractivity contribution is 8.00. The molecule has 1 atom stereocenters. The number of amides is 1. The molecule has 1 fully saturated rings. The first-order chi connectivity index (χ1) is 12.3. The van der Waals surface area contributed by atoms with Crippen LogP contribution in [0.25, 0.3) is 11.0 Å². The average Bonchev–Trinajstić information content (AvgIpc) is 3.09. The minimum atomic E-state index is -0.320. The van der Waals surface area contributed by atoms with Crippen molar-refractivity contribution in [3.05, 3.63) is 60.2 Å². The van der Waals surface area contributed by atoms with Crippen LogP contribution in [0.1, 0.15) is 10.8 Å². The molecule has 2 aromatic carbocycles. The SMILES string of the molecule is O=C(C(Sc1nc2ccccc2[nH]1)c1ccccc1)N1CCOCC1. The summed E-state index contributed by atoms with van der Waals surface area (Å²) in [4.78, 5) is 22.9. The summed E-state index contributed by atoms with van der Waals surface area (Å²) in [5.74, 6) is 0.111. The summed E-state index contributed by atoms with van der Waals surface area (Å²) in [7, 11) is 0. The Morgan fingerprint density at radius 3 is 2.56 bits per heavy atom. The van der Waals surface area contributed by atoms with E-state index in [1.165, 1.54) is 11.8 Å². The lowest BCUT2D eigenvalue weighted by Crippen LogP contribution is -2.42. The number of aromatic nitrogens is 2. The van der Waals surface area contributed by atoms with Crippen LogP contribution in [-0.4, -0.2) is 47.1 Å². The third-order valence-corrected chi connectivity index (χ3v) is 5.37. The molecule has 1 N–H and O–H groups in total. The lowest BCUT2D eigenvalue weighted by atomic mass is 10.1. The van der Waals surface area contributed by atoms with Gasteiger partial charge in [0.15, 0.2) is 5.16 Å². The quantitative estimate of drug-likeness (QED) is 0.732. The summed E-state index contributed by atoms with van der Waals surface area (Å²) in [5, 5.41) is 0.441. The molecule has 0 bridgehead atoms. The minimum absolute atomic E-state index is 0.111. The maximum atomic E-state index is 13.1. The van der Waals surface area contributed by atoms with Crippen molar-refractivity contribution in [1.82, 2.24) is 14.9 Å². The van der Waals surface area contributed by atoms with Crippen molar-refractivity contribution < 1.29 is 9.53 Å². The molecule has 5 nitrogen and oxygen atoms in total. The molecule has 128 valence electrons. The van der Waals surface area contributed by atoms with E-state index in [0.717, 1.165) is 21.8 Å². The molecular formula is C19H19N3O2S. The lowest BCUT2D eigenvalue weighted by molar-refractivity contribution is -0.134. The molecule has 0 spiro atoms. The van der Waals surface area contributed by atoms with Gasteiger partial charge in [-0.2, -0.15) is 0 Å². The molecule has 1 amide bonds. The third kappa shape index (κ3) is 3.55. The van der Waals surface area contributed by atoms with Crippen LogP contribution in [0.2, 0.25) is 0 Å². The number of imidazole rings is 1. The molecule has 1 aliphatic heterocycles. The van der Waals surface area contributed by atoms with Crippen LogP contribution in [0.15, 0.2) is 59.8 Å². The van der Waals surface area contributed by atoms with Gasteiger partial charge in [0.2, 0.25) is 5.91 Å². The molecule has 0 aliphatic carbocycles. The van der Waals surface area contributed by atoms with Gasteiger partial charge >= 0.3 is 0 Å². The maximum absolute atomic E-state index is 13.1. The first-order valence-electron chi connectivity index (χ1n) is 8.34. The second-order valence-electron chi connectivity index (χ2n) is 5.91. The molecule has 0 radical (unpaired) electrons. The van der Waals surface area contributed by atoms with E-state index < -0.39 is 0 Å². The van der Waals surface area contributed by atoms with E-state index in [2.05, 4.69) is 9.97 Å². The Kier molecular flexibility index (Phi) is 4.72. The number of hydrogen-bond acceptors (Lipinski definition) is 4. The van der Waals surface area contributed by atoms with Gasteiger partial charge in [-0.05, 0) is 17.7 Å². The number of carbonyl (C=O) groups excluding carboxylic acids is 1. The zero-order chi connectivity index (χ0) is 17.1. The first-order valence-corrected chi connectivity index (χ1v) is 9.22. The van der Waals surface area contributed by atoms with E-state index in [0.29, 0.717) is 26.3 Å². The van der Waals surface area contributed by atoms with Crippen LogP contribution in [0.3, 0.4) is 0 Å². The molecule has 6 heteroatoms. The van der Waals surface area contributed by atoms with Gasteiger partial charge in [0.1, 0.15) is 5.25 Å². The Bertz CT molecular complexity index is 826. The second-order valence-corrected chi connectivity index (χ2v) is 7.00. The Morgan fingerprint density at radius 1 is 1.08 bits per heavy atom. The molecular weight excluding hydrogens is 334 g/mol. The molecule has 1 saturated heterocycles. The number of carbonyl (C=O) groups is 1. The number of H-pyrrole nitrogens is 1. The largest absolute Gasteiger partial charge is 0.378 e. The van der Waals surface area contributed by atoms with Crippen LogP contribution < -0.4 is 0 Å². The van der Waals surface area contributed by atoms with E-state index in [1.54, 1.807) is 0 Å². The van der Waals surface area contributed by atoms with Crippen molar-refractivity contribution in [2.45, 2.75) is 10.4 Å². The van der Waals surface area contributed by atoms with E-state index in [9.17, 15) is 4.79 Å². The topological polar surface area (TPSA) is 58.2 Å². The summed E-state index contributed by atoms with van der Waals surface area (Å²) in [5.41, 5.74) is 2.88. The van der Waals surface area contributed by atoms with Gasteiger partial charge in [0.05, 0.1) is 24.2 Å². The highest BCUT2D eigenvalue weighted by atomic mass is 32.2. The Morgan fingerprint density at radius 2 is 1.80 bits per heavy atom. The highest BCUT2D eigenvalue weighted by Gasteiger charge is 2.29. The number of fused-ring (bicyclic) bond motifs is 1. The van der Waals surface area contributed by atoms with Crippen LogP contribution >= 0.6 is 11.8 Å². The number of para-hydroxylation sites is 2. The smallest absolute Gasteiger partial charge is 0.240 e. The summed E-state index contributed by atoms with van der Waals surface area (Å²) in [6.45, 7) is 2.48. The van der Waals surface area contributed by atoms with Crippen molar-refractivity contribution >= 4 is 28.7 Å². The van der Waals surface area contributed by atoms with Gasteiger partial charge in [-0.1, -0.05) is 54.2 Å². The highest BCUT2D eigenvalue weighted by Crippen LogP contribution is 2.36. The summed E-state index contributed by atoms with van der Waals surface area (Å²) in [6, 6.07) is 17.8. The molecule has 25 heavy (non-hydrogen) atoms. The van der Waals surface area contributed by atoms with Crippen LogP contribution in [0, 0.1) is 0 Å². The number of nitrogens with one attached hydrogen (secondary N) is 1. The van der Waals surface area contributed by atoms with E-state index in [-0.39, 0.29) is 11.2 Å². The number of aromatic amines is 1. The van der Waals surface area contributed by atoms with Crippen LogP contribution in [0.4, 0.5) is 0 Å². The standard InChI is InChI=1S/C19H19N3O2S/c23-18(22-10-12-24-13-11-22)17(14-6-2-1-3-7-14)25-19-20-15-8-4-5-9-16(15)21-19/h1-9,17H,10-13H2,(H,20,21). The fraction of sp³-hybridized carbons (Fsp3) is 0.263. The number of morpholine rings is 1. The van der Waals surface area contributed by atoms with E-state index in [4.69, 9.17) is 4.74 Å². The molecule has 4 rings (SSSR count).